The number of halogens is 2. The summed E-state index contributed by atoms with van der Waals surface area (Å²) >= 11 is 2.30. The summed E-state index contributed by atoms with van der Waals surface area (Å²) in [5.74, 6) is 0.817. The van der Waals surface area contributed by atoms with Gasteiger partial charge in [0, 0.05) is 17.3 Å². The van der Waals surface area contributed by atoms with Gasteiger partial charge in [-0.05, 0) is 105 Å². The first-order valence-corrected chi connectivity index (χ1v) is 21.0. The summed E-state index contributed by atoms with van der Waals surface area (Å²) in [6, 6.07) is 35.7. The Kier molecular flexibility index (Phi) is 12.1. The van der Waals surface area contributed by atoms with Gasteiger partial charge in [0.05, 0.1) is 36.0 Å². The summed E-state index contributed by atoms with van der Waals surface area (Å²) in [5, 5.41) is 2.07. The van der Waals surface area contributed by atoms with Crippen LogP contribution in [0.5, 0.6) is 11.5 Å². The van der Waals surface area contributed by atoms with E-state index in [1.54, 1.807) is 25.4 Å². The zero-order valence-corrected chi connectivity index (χ0v) is 34.3. The van der Waals surface area contributed by atoms with Crippen LogP contribution in [0.3, 0.4) is 0 Å². The molecule has 6 rings (SSSR count). The first kappa shape index (κ1) is 38.7. The van der Waals surface area contributed by atoms with Crippen LogP contribution in [0.4, 0.5) is 4.39 Å². The molecule has 1 aliphatic carbocycles. The van der Waals surface area contributed by atoms with Gasteiger partial charge in [-0.3, -0.25) is 9.78 Å². The molecule has 1 heterocycles. The standard InChI is InChI=1S/C44H47FINO5Si/c1-29(43(48)50-6)42(30-17-18-30)31-19-23-38(46)40(25-31)52-41(39-24-20-32(27-47-39)36-26-33(49-5)21-22-37(36)45)28-51-53(44(2,3)4,34-13-9-7-10-14-34)35-15-11-8-12-16-35/h7-16,19-27,29-30,41-42H,17-18,28H2,1-6H3. The minimum absolute atomic E-state index is 0.0174. The molecule has 0 amide bonds. The summed E-state index contributed by atoms with van der Waals surface area (Å²) in [6.07, 6.45) is 3.21. The summed E-state index contributed by atoms with van der Waals surface area (Å²) in [5.41, 5.74) is 2.72. The molecule has 0 N–H and O–H groups in total. The molecule has 9 heteroatoms. The van der Waals surface area contributed by atoms with E-state index in [-0.39, 0.29) is 35.3 Å². The third kappa shape index (κ3) is 8.37. The van der Waals surface area contributed by atoms with Crippen molar-refractivity contribution in [2.75, 3.05) is 20.8 Å². The second kappa shape index (κ2) is 16.5. The Morgan fingerprint density at radius 2 is 1.57 bits per heavy atom. The van der Waals surface area contributed by atoms with Crippen molar-refractivity contribution in [1.29, 1.82) is 0 Å². The maximum absolute atomic E-state index is 15.0. The molecule has 5 aromatic rings. The normalized spacial score (nSPS) is 14.9. The lowest BCUT2D eigenvalue weighted by Gasteiger charge is -2.43. The van der Waals surface area contributed by atoms with E-state index in [2.05, 4.69) is 104 Å². The quantitative estimate of drug-likeness (QED) is 0.0631. The lowest BCUT2D eigenvalue weighted by atomic mass is 9.83. The first-order valence-electron chi connectivity index (χ1n) is 18.1. The van der Waals surface area contributed by atoms with E-state index in [0.717, 1.165) is 32.3 Å². The average Bonchev–Trinajstić information content (AvgIpc) is 4.01. The van der Waals surface area contributed by atoms with Crippen LogP contribution in [0, 0.1) is 21.2 Å². The number of aromatic nitrogens is 1. The SMILES string of the molecule is COC(=O)C(C)C(c1ccc(I)c(OC(CO[Si](c2ccccc2)(c2ccccc2)C(C)(C)C)c2ccc(-c3cc(OC)ccc3F)cn2)c1)C1CC1. The van der Waals surface area contributed by atoms with Crippen molar-refractivity contribution >= 4 is 47.3 Å². The van der Waals surface area contributed by atoms with Gasteiger partial charge in [-0.2, -0.15) is 0 Å². The van der Waals surface area contributed by atoms with Gasteiger partial charge >= 0.3 is 5.97 Å². The van der Waals surface area contributed by atoms with Crippen molar-refractivity contribution in [3.8, 4) is 22.6 Å². The predicted molar refractivity (Wildman–Crippen MR) is 219 cm³/mol. The number of hydrogen-bond donors (Lipinski definition) is 0. The minimum atomic E-state index is -2.95. The smallest absolute Gasteiger partial charge is 0.309 e. The summed E-state index contributed by atoms with van der Waals surface area (Å²) in [6.45, 7) is 8.90. The Morgan fingerprint density at radius 1 is 0.906 bits per heavy atom. The van der Waals surface area contributed by atoms with E-state index in [4.69, 9.17) is 23.6 Å². The topological polar surface area (TPSA) is 66.9 Å². The summed E-state index contributed by atoms with van der Waals surface area (Å²) < 4.78 is 40.9. The lowest BCUT2D eigenvalue weighted by molar-refractivity contribution is -0.145. The average molecular weight is 844 g/mol. The molecular formula is C44H47FINO5Si. The molecule has 3 atom stereocenters. The molecule has 6 nitrogen and oxygen atoms in total. The van der Waals surface area contributed by atoms with Gasteiger partial charge in [-0.25, -0.2) is 4.39 Å². The van der Waals surface area contributed by atoms with E-state index in [1.165, 1.54) is 13.2 Å². The molecule has 0 aliphatic heterocycles. The molecule has 3 unspecified atom stereocenters. The second-order valence-corrected chi connectivity index (χ2v) is 20.2. The molecule has 1 aromatic heterocycles. The van der Waals surface area contributed by atoms with Gasteiger partial charge in [0.1, 0.15) is 17.3 Å². The third-order valence-electron chi connectivity index (χ3n) is 10.3. The van der Waals surface area contributed by atoms with Crippen molar-refractivity contribution in [2.45, 2.75) is 57.6 Å². The van der Waals surface area contributed by atoms with Crippen molar-refractivity contribution < 1.29 is 27.8 Å². The Bertz CT molecular complexity index is 1960. The molecule has 0 saturated heterocycles. The van der Waals surface area contributed by atoms with Crippen LogP contribution in [-0.4, -0.2) is 40.1 Å². The molecule has 276 valence electrons. The number of methoxy groups -OCH3 is 2. The molecule has 0 spiro atoms. The Hall–Kier alpha value is -4.06. The zero-order chi connectivity index (χ0) is 37.8. The molecule has 0 bridgehead atoms. The largest absolute Gasteiger partial charge is 0.497 e. The van der Waals surface area contributed by atoms with Crippen LogP contribution < -0.4 is 19.8 Å². The fourth-order valence-electron chi connectivity index (χ4n) is 7.48. The minimum Gasteiger partial charge on any atom is -0.497 e. The van der Waals surface area contributed by atoms with E-state index in [1.807, 2.05) is 37.3 Å². The second-order valence-electron chi connectivity index (χ2n) is 14.8. The van der Waals surface area contributed by atoms with E-state index >= 15 is 4.39 Å². The number of esters is 1. The first-order chi connectivity index (χ1) is 25.5. The third-order valence-corrected chi connectivity index (χ3v) is 16.2. The molecule has 1 saturated carbocycles. The Morgan fingerprint density at radius 3 is 2.11 bits per heavy atom. The predicted octanol–water partition coefficient (Wildman–Crippen LogP) is 9.50. The van der Waals surface area contributed by atoms with Crippen LogP contribution in [0.2, 0.25) is 5.04 Å². The van der Waals surface area contributed by atoms with Crippen molar-refractivity contribution in [3.05, 3.63) is 136 Å². The van der Waals surface area contributed by atoms with E-state index in [0.29, 0.717) is 34.2 Å². The van der Waals surface area contributed by atoms with Crippen molar-refractivity contribution in [3.63, 3.8) is 0 Å². The van der Waals surface area contributed by atoms with Gasteiger partial charge in [0.25, 0.3) is 8.32 Å². The fraction of sp³-hybridized carbons (Fsp3) is 0.318. The van der Waals surface area contributed by atoms with Crippen molar-refractivity contribution in [1.82, 2.24) is 4.98 Å². The van der Waals surface area contributed by atoms with Crippen LogP contribution in [0.15, 0.2) is 115 Å². The maximum Gasteiger partial charge on any atom is 0.309 e. The highest BCUT2D eigenvalue weighted by Crippen LogP contribution is 2.48. The highest BCUT2D eigenvalue weighted by Gasteiger charge is 2.50. The Balaban J connectivity index is 1.43. The molecular weight excluding hydrogens is 796 g/mol. The maximum atomic E-state index is 15.0. The van der Waals surface area contributed by atoms with Gasteiger partial charge in [0.2, 0.25) is 0 Å². The lowest BCUT2D eigenvalue weighted by Crippen LogP contribution is -2.66. The number of ether oxygens (including phenoxy) is 3. The van der Waals surface area contributed by atoms with Crippen LogP contribution in [0.1, 0.15) is 63.8 Å². The monoisotopic (exact) mass is 843 g/mol. The molecule has 53 heavy (non-hydrogen) atoms. The van der Waals surface area contributed by atoms with E-state index in [9.17, 15) is 4.79 Å². The van der Waals surface area contributed by atoms with Gasteiger partial charge in [-0.1, -0.05) is 100 Å². The number of carbonyl (C=O) groups excluding carboxylic acids is 1. The van der Waals surface area contributed by atoms with Gasteiger partial charge in [-0.15, -0.1) is 0 Å². The number of rotatable bonds is 14. The number of nitrogens with zero attached hydrogens (tertiary/aromatic N) is 1. The molecule has 1 aliphatic rings. The molecule has 4 aromatic carbocycles. The van der Waals surface area contributed by atoms with Crippen LogP contribution in [0.25, 0.3) is 11.1 Å². The van der Waals surface area contributed by atoms with Crippen LogP contribution in [-0.2, 0) is 14.0 Å². The highest BCUT2D eigenvalue weighted by atomic mass is 127. The molecule has 1 fully saturated rings. The van der Waals surface area contributed by atoms with Crippen molar-refractivity contribution in [2.24, 2.45) is 11.8 Å². The number of pyridine rings is 1. The fourth-order valence-corrected chi connectivity index (χ4v) is 12.5. The Labute approximate surface area is 327 Å². The summed E-state index contributed by atoms with van der Waals surface area (Å²) in [7, 11) is 0.0589. The highest BCUT2D eigenvalue weighted by molar-refractivity contribution is 14.1. The van der Waals surface area contributed by atoms with Gasteiger partial charge < -0.3 is 18.6 Å². The molecule has 0 radical (unpaired) electrons. The summed E-state index contributed by atoms with van der Waals surface area (Å²) in [4.78, 5) is 17.6. The van der Waals surface area contributed by atoms with E-state index < -0.39 is 14.4 Å². The number of carbonyl (C=O) groups is 1. The number of benzene rings is 4. The number of hydrogen-bond acceptors (Lipinski definition) is 6. The van der Waals surface area contributed by atoms with Gasteiger partial charge in [0.15, 0.2) is 6.10 Å². The van der Waals surface area contributed by atoms with Crippen LogP contribution >= 0.6 is 22.6 Å². The zero-order valence-electron chi connectivity index (χ0n) is 31.1.